The van der Waals surface area contributed by atoms with Crippen LogP contribution in [0.15, 0.2) is 51.7 Å². The molecule has 0 amide bonds. The van der Waals surface area contributed by atoms with E-state index in [1.807, 2.05) is 19.1 Å². The summed E-state index contributed by atoms with van der Waals surface area (Å²) in [6.07, 6.45) is 6.85. The first-order valence-corrected chi connectivity index (χ1v) is 5.53. The van der Waals surface area contributed by atoms with Crippen LogP contribution in [-0.4, -0.2) is 5.78 Å². The fourth-order valence-electron chi connectivity index (χ4n) is 1.60. The lowest BCUT2D eigenvalue weighted by atomic mass is 10.0. The molecular weight excluding hydrogens is 216 g/mol. The van der Waals surface area contributed by atoms with Gasteiger partial charge < -0.3 is 8.83 Å². The largest absolute Gasteiger partial charge is 0.469 e. The SMILES string of the molecule is CC(CC(=O)/C=C/c1ccco1)c1ccco1. The predicted octanol–water partition coefficient (Wildman–Crippen LogP) is 3.65. The molecule has 0 aromatic carbocycles. The van der Waals surface area contributed by atoms with Gasteiger partial charge in [0.15, 0.2) is 5.78 Å². The van der Waals surface area contributed by atoms with Crippen molar-refractivity contribution in [2.75, 3.05) is 0 Å². The number of allylic oxidation sites excluding steroid dienone is 1. The third-order valence-corrected chi connectivity index (χ3v) is 2.51. The molecule has 0 aliphatic heterocycles. The van der Waals surface area contributed by atoms with Crippen LogP contribution in [0.2, 0.25) is 0 Å². The van der Waals surface area contributed by atoms with Crippen LogP contribution in [-0.2, 0) is 4.79 Å². The van der Waals surface area contributed by atoms with Crippen molar-refractivity contribution in [2.45, 2.75) is 19.3 Å². The molecule has 0 aliphatic carbocycles. The highest BCUT2D eigenvalue weighted by Crippen LogP contribution is 2.19. The van der Waals surface area contributed by atoms with Crippen LogP contribution in [0.4, 0.5) is 0 Å². The van der Waals surface area contributed by atoms with Gasteiger partial charge in [0.2, 0.25) is 0 Å². The van der Waals surface area contributed by atoms with E-state index >= 15 is 0 Å². The molecule has 0 radical (unpaired) electrons. The van der Waals surface area contributed by atoms with Crippen LogP contribution in [0, 0.1) is 0 Å². The smallest absolute Gasteiger partial charge is 0.156 e. The number of carbonyl (C=O) groups excluding carboxylic acids is 1. The normalized spacial score (nSPS) is 13.0. The van der Waals surface area contributed by atoms with Crippen molar-refractivity contribution in [2.24, 2.45) is 0 Å². The molecule has 0 saturated carbocycles. The van der Waals surface area contributed by atoms with Crippen molar-refractivity contribution in [3.63, 3.8) is 0 Å². The predicted molar refractivity (Wildman–Crippen MR) is 64.5 cm³/mol. The number of ketones is 1. The Bertz CT molecular complexity index is 478. The summed E-state index contributed by atoms with van der Waals surface area (Å²) in [6.45, 7) is 1.97. The minimum Gasteiger partial charge on any atom is -0.469 e. The highest BCUT2D eigenvalue weighted by atomic mass is 16.3. The van der Waals surface area contributed by atoms with E-state index in [4.69, 9.17) is 8.83 Å². The Kier molecular flexibility index (Phi) is 3.60. The average Bonchev–Trinajstić information content (AvgIpc) is 2.99. The minimum absolute atomic E-state index is 0.0605. The first-order valence-electron chi connectivity index (χ1n) is 5.53. The third kappa shape index (κ3) is 3.21. The van der Waals surface area contributed by atoms with Crippen LogP contribution in [0.3, 0.4) is 0 Å². The van der Waals surface area contributed by atoms with Crippen molar-refractivity contribution in [3.05, 3.63) is 54.4 Å². The second kappa shape index (κ2) is 5.34. The van der Waals surface area contributed by atoms with Gasteiger partial charge in [-0.15, -0.1) is 0 Å². The van der Waals surface area contributed by atoms with Gasteiger partial charge in [-0.05, 0) is 36.4 Å². The van der Waals surface area contributed by atoms with Crippen LogP contribution in [0.25, 0.3) is 6.08 Å². The van der Waals surface area contributed by atoms with E-state index in [1.165, 1.54) is 6.08 Å². The average molecular weight is 230 g/mol. The van der Waals surface area contributed by atoms with E-state index in [-0.39, 0.29) is 11.7 Å². The van der Waals surface area contributed by atoms with Gasteiger partial charge in [-0.1, -0.05) is 6.92 Å². The summed E-state index contributed by atoms with van der Waals surface area (Å²) in [4.78, 5) is 11.7. The molecule has 0 saturated heterocycles. The summed E-state index contributed by atoms with van der Waals surface area (Å²) >= 11 is 0. The number of hydrogen-bond acceptors (Lipinski definition) is 3. The van der Waals surface area contributed by atoms with E-state index in [1.54, 1.807) is 30.7 Å². The molecule has 0 aliphatic rings. The van der Waals surface area contributed by atoms with Gasteiger partial charge in [-0.2, -0.15) is 0 Å². The Morgan fingerprint density at radius 1 is 1.29 bits per heavy atom. The minimum atomic E-state index is 0.0605. The molecule has 3 heteroatoms. The highest BCUT2D eigenvalue weighted by Gasteiger charge is 2.11. The van der Waals surface area contributed by atoms with Gasteiger partial charge in [-0.3, -0.25) is 4.79 Å². The first kappa shape index (κ1) is 11.5. The molecule has 2 aromatic rings. The lowest BCUT2D eigenvalue weighted by Crippen LogP contribution is -2.00. The molecule has 2 aromatic heterocycles. The van der Waals surface area contributed by atoms with Crippen molar-refractivity contribution < 1.29 is 13.6 Å². The molecule has 2 rings (SSSR count). The Balaban J connectivity index is 1.89. The molecule has 1 unspecified atom stereocenters. The second-order valence-corrected chi connectivity index (χ2v) is 3.94. The number of rotatable bonds is 5. The molecule has 0 fully saturated rings. The molecule has 88 valence electrons. The van der Waals surface area contributed by atoms with Crippen LogP contribution in [0.5, 0.6) is 0 Å². The lowest BCUT2D eigenvalue weighted by Gasteiger charge is -2.04. The summed E-state index contributed by atoms with van der Waals surface area (Å²) in [5, 5.41) is 0. The fourth-order valence-corrected chi connectivity index (χ4v) is 1.60. The van der Waals surface area contributed by atoms with Gasteiger partial charge >= 0.3 is 0 Å². The van der Waals surface area contributed by atoms with Crippen LogP contribution < -0.4 is 0 Å². The molecule has 17 heavy (non-hydrogen) atoms. The van der Waals surface area contributed by atoms with E-state index < -0.39 is 0 Å². The lowest BCUT2D eigenvalue weighted by molar-refractivity contribution is -0.114. The maximum atomic E-state index is 11.7. The highest BCUT2D eigenvalue weighted by molar-refractivity contribution is 5.93. The van der Waals surface area contributed by atoms with E-state index in [0.717, 1.165) is 5.76 Å². The molecule has 0 N–H and O–H groups in total. The zero-order valence-electron chi connectivity index (χ0n) is 9.63. The number of furan rings is 2. The van der Waals surface area contributed by atoms with E-state index in [9.17, 15) is 4.79 Å². The zero-order chi connectivity index (χ0) is 12.1. The van der Waals surface area contributed by atoms with Gasteiger partial charge in [0.1, 0.15) is 11.5 Å². The maximum Gasteiger partial charge on any atom is 0.156 e. The Morgan fingerprint density at radius 3 is 2.71 bits per heavy atom. The maximum absolute atomic E-state index is 11.7. The third-order valence-electron chi connectivity index (χ3n) is 2.51. The fraction of sp³-hybridized carbons (Fsp3) is 0.214. The summed E-state index contributed by atoms with van der Waals surface area (Å²) in [5.41, 5.74) is 0. The summed E-state index contributed by atoms with van der Waals surface area (Å²) < 4.78 is 10.4. The van der Waals surface area contributed by atoms with Gasteiger partial charge in [0.05, 0.1) is 12.5 Å². The van der Waals surface area contributed by atoms with E-state index in [2.05, 4.69) is 0 Å². The van der Waals surface area contributed by atoms with Crippen LogP contribution >= 0.6 is 0 Å². The quantitative estimate of drug-likeness (QED) is 0.736. The molecule has 0 spiro atoms. The summed E-state index contributed by atoms with van der Waals surface area (Å²) in [7, 11) is 0. The van der Waals surface area contributed by atoms with Crippen LogP contribution in [0.1, 0.15) is 30.8 Å². The summed E-state index contributed by atoms with van der Waals surface area (Å²) in [6, 6.07) is 7.30. The van der Waals surface area contributed by atoms with Crippen molar-refractivity contribution >= 4 is 11.9 Å². The molecule has 1 atom stereocenters. The van der Waals surface area contributed by atoms with Crippen molar-refractivity contribution in [1.29, 1.82) is 0 Å². The number of carbonyl (C=O) groups is 1. The molecule has 0 bridgehead atoms. The van der Waals surface area contributed by atoms with E-state index in [0.29, 0.717) is 12.2 Å². The van der Waals surface area contributed by atoms with Gasteiger partial charge in [0, 0.05) is 12.3 Å². The topological polar surface area (TPSA) is 43.4 Å². The van der Waals surface area contributed by atoms with Gasteiger partial charge in [0.25, 0.3) is 0 Å². The number of hydrogen-bond donors (Lipinski definition) is 0. The Morgan fingerprint density at radius 2 is 2.06 bits per heavy atom. The Labute approximate surface area is 99.7 Å². The monoisotopic (exact) mass is 230 g/mol. The zero-order valence-corrected chi connectivity index (χ0v) is 9.63. The van der Waals surface area contributed by atoms with Gasteiger partial charge in [-0.25, -0.2) is 0 Å². The molecular formula is C14H14O3. The van der Waals surface area contributed by atoms with Crippen molar-refractivity contribution in [3.8, 4) is 0 Å². The Hall–Kier alpha value is -2.03. The second-order valence-electron chi connectivity index (χ2n) is 3.94. The molecule has 2 heterocycles. The standard InChI is InChI=1S/C14H14O3/c1-11(14-5-3-9-17-14)10-12(15)6-7-13-4-2-8-16-13/h2-9,11H,10H2,1H3/b7-6+. The van der Waals surface area contributed by atoms with Crippen molar-refractivity contribution in [1.82, 2.24) is 0 Å². The molecule has 3 nitrogen and oxygen atoms in total. The first-order chi connectivity index (χ1) is 8.25. The summed E-state index contributed by atoms with van der Waals surface area (Å²) in [5.74, 6) is 1.68.